The van der Waals surface area contributed by atoms with E-state index in [-0.39, 0.29) is 11.9 Å². The van der Waals surface area contributed by atoms with Crippen LogP contribution < -0.4 is 5.32 Å². The molecule has 2 aliphatic heterocycles. The Morgan fingerprint density at radius 2 is 1.77 bits per heavy atom. The van der Waals surface area contributed by atoms with Gasteiger partial charge in [0.2, 0.25) is 0 Å². The zero-order chi connectivity index (χ0) is 18.1. The largest absolute Gasteiger partial charge is 0.345 e. The molecule has 132 valence electrons. The van der Waals surface area contributed by atoms with Gasteiger partial charge in [-0.3, -0.25) is 9.69 Å². The standard InChI is InChI=1S/C21H21N3O2/c1-2-3-13-21-18(16-11-7-8-12-17(16)22-19(21)25)23-20(26)24(21)14-15-9-5-4-6-10-15/h4-12H,2-3,13-14H2,1H3,(H,22,25). The lowest BCUT2D eigenvalue weighted by Gasteiger charge is -2.41. The van der Waals surface area contributed by atoms with E-state index < -0.39 is 5.54 Å². The van der Waals surface area contributed by atoms with Crippen LogP contribution in [0.25, 0.3) is 0 Å². The van der Waals surface area contributed by atoms with Crippen LogP contribution in [0.5, 0.6) is 0 Å². The van der Waals surface area contributed by atoms with Crippen molar-refractivity contribution in [2.24, 2.45) is 4.99 Å². The van der Waals surface area contributed by atoms with Crippen LogP contribution in [-0.4, -0.2) is 28.1 Å². The van der Waals surface area contributed by atoms with E-state index in [0.29, 0.717) is 18.7 Å². The summed E-state index contributed by atoms with van der Waals surface area (Å²) in [6, 6.07) is 17.0. The van der Waals surface area contributed by atoms with Crippen LogP contribution in [0.1, 0.15) is 37.3 Å². The van der Waals surface area contributed by atoms with E-state index in [2.05, 4.69) is 17.2 Å². The summed E-state index contributed by atoms with van der Waals surface area (Å²) in [7, 11) is 0. The zero-order valence-electron chi connectivity index (χ0n) is 14.7. The average Bonchev–Trinajstić information content (AvgIpc) is 2.95. The summed E-state index contributed by atoms with van der Waals surface area (Å²) in [4.78, 5) is 32.0. The van der Waals surface area contributed by atoms with E-state index in [1.807, 2.05) is 54.6 Å². The van der Waals surface area contributed by atoms with Crippen molar-refractivity contribution in [3.63, 3.8) is 0 Å². The maximum Gasteiger partial charge on any atom is 0.345 e. The molecule has 0 spiro atoms. The smallest absolute Gasteiger partial charge is 0.323 e. The molecule has 0 fully saturated rings. The highest BCUT2D eigenvalue weighted by Crippen LogP contribution is 2.41. The fraction of sp³-hybridized carbons (Fsp3) is 0.286. The first-order chi connectivity index (χ1) is 12.7. The van der Waals surface area contributed by atoms with Crippen LogP contribution in [-0.2, 0) is 11.3 Å². The highest BCUT2D eigenvalue weighted by Gasteiger charge is 2.57. The topological polar surface area (TPSA) is 61.8 Å². The van der Waals surface area contributed by atoms with Crippen molar-refractivity contribution in [1.82, 2.24) is 4.90 Å². The number of carbonyl (C=O) groups excluding carboxylic acids is 2. The molecular weight excluding hydrogens is 326 g/mol. The Morgan fingerprint density at radius 3 is 2.54 bits per heavy atom. The lowest BCUT2D eigenvalue weighted by molar-refractivity contribution is -0.123. The van der Waals surface area contributed by atoms with Gasteiger partial charge in [0.25, 0.3) is 5.91 Å². The van der Waals surface area contributed by atoms with Gasteiger partial charge in [-0.05, 0) is 18.1 Å². The number of unbranched alkanes of at least 4 members (excludes halogenated alkanes) is 1. The minimum atomic E-state index is -1.03. The van der Waals surface area contributed by atoms with Gasteiger partial charge in [0.1, 0.15) is 0 Å². The molecule has 0 aliphatic carbocycles. The minimum Gasteiger partial charge on any atom is -0.323 e. The molecule has 4 rings (SSSR count). The Labute approximate surface area is 152 Å². The number of rotatable bonds is 5. The van der Waals surface area contributed by atoms with E-state index >= 15 is 0 Å². The number of hydrogen-bond acceptors (Lipinski definition) is 2. The molecule has 26 heavy (non-hydrogen) atoms. The van der Waals surface area contributed by atoms with Gasteiger partial charge in [-0.25, -0.2) is 4.79 Å². The van der Waals surface area contributed by atoms with E-state index in [0.717, 1.165) is 29.7 Å². The van der Waals surface area contributed by atoms with Crippen LogP contribution >= 0.6 is 0 Å². The van der Waals surface area contributed by atoms with Crippen LogP contribution in [0.4, 0.5) is 10.5 Å². The average molecular weight is 347 g/mol. The minimum absolute atomic E-state index is 0.162. The monoisotopic (exact) mass is 347 g/mol. The van der Waals surface area contributed by atoms with E-state index in [9.17, 15) is 9.59 Å². The lowest BCUT2D eigenvalue weighted by atomic mass is 9.79. The molecule has 0 aromatic heterocycles. The first kappa shape index (κ1) is 16.5. The normalized spacial score (nSPS) is 21.1. The molecule has 2 aromatic rings. The van der Waals surface area contributed by atoms with Gasteiger partial charge < -0.3 is 5.32 Å². The third-order valence-electron chi connectivity index (χ3n) is 5.17. The second-order valence-corrected chi connectivity index (χ2v) is 6.78. The van der Waals surface area contributed by atoms with Gasteiger partial charge in [-0.2, -0.15) is 4.99 Å². The van der Waals surface area contributed by atoms with Crippen molar-refractivity contribution in [3.05, 3.63) is 65.7 Å². The van der Waals surface area contributed by atoms with E-state index in [1.165, 1.54) is 0 Å². The predicted octanol–water partition coefficient (Wildman–Crippen LogP) is 3.99. The first-order valence-electron chi connectivity index (χ1n) is 9.02. The highest BCUT2D eigenvalue weighted by atomic mass is 16.2. The summed E-state index contributed by atoms with van der Waals surface area (Å²) in [5.41, 5.74) is 2.10. The van der Waals surface area contributed by atoms with Gasteiger partial charge in [-0.1, -0.05) is 68.3 Å². The molecule has 2 aromatic carbocycles. The summed E-state index contributed by atoms with van der Waals surface area (Å²) in [6.45, 7) is 2.45. The number of urea groups is 1. The van der Waals surface area contributed by atoms with Crippen LogP contribution in [0.2, 0.25) is 0 Å². The van der Waals surface area contributed by atoms with Gasteiger partial charge in [0.05, 0.1) is 11.4 Å². The molecule has 5 nitrogen and oxygen atoms in total. The fourth-order valence-corrected chi connectivity index (χ4v) is 3.85. The quantitative estimate of drug-likeness (QED) is 0.889. The molecule has 0 saturated heterocycles. The van der Waals surface area contributed by atoms with E-state index in [1.54, 1.807) is 4.90 Å². The van der Waals surface area contributed by atoms with Gasteiger partial charge >= 0.3 is 6.03 Å². The number of nitrogens with one attached hydrogen (secondary N) is 1. The third-order valence-corrected chi connectivity index (χ3v) is 5.17. The summed E-state index contributed by atoms with van der Waals surface area (Å²) < 4.78 is 0. The van der Waals surface area contributed by atoms with Gasteiger partial charge in [-0.15, -0.1) is 0 Å². The Bertz CT molecular complexity index is 891. The second-order valence-electron chi connectivity index (χ2n) is 6.78. The van der Waals surface area contributed by atoms with Crippen molar-refractivity contribution in [3.8, 4) is 0 Å². The SMILES string of the molecule is CCCCC12C(=O)Nc3ccccc3C1=NC(=O)N2Cc1ccccc1. The van der Waals surface area contributed by atoms with E-state index in [4.69, 9.17) is 0 Å². The highest BCUT2D eigenvalue weighted by molar-refractivity contribution is 6.34. The summed E-state index contributed by atoms with van der Waals surface area (Å²) >= 11 is 0. The number of hydrogen-bond donors (Lipinski definition) is 1. The molecule has 1 atom stereocenters. The summed E-state index contributed by atoms with van der Waals surface area (Å²) in [5.74, 6) is -0.162. The lowest BCUT2D eigenvalue weighted by Crippen LogP contribution is -2.61. The Kier molecular flexibility index (Phi) is 4.07. The third kappa shape index (κ3) is 2.43. The fourth-order valence-electron chi connectivity index (χ4n) is 3.85. The molecule has 1 N–H and O–H groups in total. The Balaban J connectivity index is 1.82. The number of fused-ring (bicyclic) bond motifs is 3. The van der Waals surface area contributed by atoms with Crippen molar-refractivity contribution in [1.29, 1.82) is 0 Å². The van der Waals surface area contributed by atoms with Crippen molar-refractivity contribution >= 4 is 23.3 Å². The van der Waals surface area contributed by atoms with Crippen LogP contribution in [0.15, 0.2) is 59.6 Å². The number of para-hydroxylation sites is 1. The Morgan fingerprint density at radius 1 is 1.04 bits per heavy atom. The molecular formula is C21H21N3O2. The number of amides is 3. The number of anilines is 1. The van der Waals surface area contributed by atoms with Gasteiger partial charge in [0, 0.05) is 12.1 Å². The maximum absolute atomic E-state index is 13.2. The predicted molar refractivity (Wildman–Crippen MR) is 101 cm³/mol. The number of carbonyl (C=O) groups is 2. The molecule has 0 radical (unpaired) electrons. The van der Waals surface area contributed by atoms with Crippen LogP contribution in [0.3, 0.4) is 0 Å². The molecule has 3 amide bonds. The van der Waals surface area contributed by atoms with Crippen LogP contribution in [0, 0.1) is 0 Å². The number of aliphatic imine (C=N–C) groups is 1. The molecule has 5 heteroatoms. The maximum atomic E-state index is 13.2. The second kappa shape index (κ2) is 6.41. The molecule has 2 heterocycles. The molecule has 0 bridgehead atoms. The first-order valence-corrected chi connectivity index (χ1v) is 9.02. The number of benzene rings is 2. The molecule has 2 aliphatic rings. The Hall–Kier alpha value is -2.95. The summed E-state index contributed by atoms with van der Waals surface area (Å²) in [5, 5.41) is 3.00. The zero-order valence-corrected chi connectivity index (χ0v) is 14.7. The summed E-state index contributed by atoms with van der Waals surface area (Å²) in [6.07, 6.45) is 2.35. The number of nitrogens with zero attached hydrogens (tertiary/aromatic N) is 2. The molecule has 1 unspecified atom stereocenters. The van der Waals surface area contributed by atoms with Gasteiger partial charge in [0.15, 0.2) is 5.54 Å². The van der Waals surface area contributed by atoms with Crippen molar-refractivity contribution < 1.29 is 9.59 Å². The van der Waals surface area contributed by atoms with Crippen molar-refractivity contribution in [2.45, 2.75) is 38.3 Å². The van der Waals surface area contributed by atoms with Crippen molar-refractivity contribution in [2.75, 3.05) is 5.32 Å². The molecule has 0 saturated carbocycles.